The molecule has 2 N–H and O–H groups in total. The van der Waals surface area contributed by atoms with Crippen molar-refractivity contribution in [3.8, 4) is 0 Å². The van der Waals surface area contributed by atoms with Crippen LogP contribution in [0, 0.1) is 0 Å². The van der Waals surface area contributed by atoms with Gasteiger partial charge in [-0.1, -0.05) is 11.6 Å². The van der Waals surface area contributed by atoms with E-state index in [9.17, 15) is 9.59 Å². The molecule has 7 heteroatoms. The standard InChI is InChI=1S/C17H20ClN3O2S/c1-21(2)15-6-5-13(10-14(15)18)20-16(22)4-3-8-19-17(23)12-7-9-24-11-12/h5-7,9-11H,3-4,8H2,1-2H3,(H,19,23)(H,20,22). The van der Waals surface area contributed by atoms with E-state index in [2.05, 4.69) is 10.6 Å². The molecule has 0 aliphatic heterocycles. The molecule has 0 atom stereocenters. The summed E-state index contributed by atoms with van der Waals surface area (Å²) in [5.41, 5.74) is 2.21. The molecule has 24 heavy (non-hydrogen) atoms. The number of rotatable bonds is 7. The van der Waals surface area contributed by atoms with E-state index in [1.54, 1.807) is 17.5 Å². The van der Waals surface area contributed by atoms with E-state index in [1.807, 2.05) is 36.5 Å². The number of benzene rings is 1. The van der Waals surface area contributed by atoms with Crippen LogP contribution < -0.4 is 15.5 Å². The van der Waals surface area contributed by atoms with Crippen LogP contribution in [0.3, 0.4) is 0 Å². The Bertz CT molecular complexity index is 702. The molecule has 2 aromatic rings. The van der Waals surface area contributed by atoms with Gasteiger partial charge in [-0.2, -0.15) is 11.3 Å². The van der Waals surface area contributed by atoms with Gasteiger partial charge in [0.25, 0.3) is 5.91 Å². The van der Waals surface area contributed by atoms with Crippen LogP contribution in [0.15, 0.2) is 35.0 Å². The number of carbonyl (C=O) groups excluding carboxylic acids is 2. The average Bonchev–Trinajstić information content (AvgIpc) is 3.05. The first-order valence-electron chi connectivity index (χ1n) is 7.54. The summed E-state index contributed by atoms with van der Waals surface area (Å²) in [5.74, 6) is -0.212. The van der Waals surface area contributed by atoms with E-state index in [0.29, 0.717) is 35.7 Å². The maximum atomic E-state index is 11.9. The van der Waals surface area contributed by atoms with Crippen LogP contribution in [0.4, 0.5) is 11.4 Å². The van der Waals surface area contributed by atoms with E-state index < -0.39 is 0 Å². The Morgan fingerprint density at radius 2 is 2.04 bits per heavy atom. The molecule has 0 saturated carbocycles. The van der Waals surface area contributed by atoms with Crippen molar-refractivity contribution in [3.05, 3.63) is 45.6 Å². The van der Waals surface area contributed by atoms with Crippen LogP contribution in [0.2, 0.25) is 5.02 Å². The van der Waals surface area contributed by atoms with Crippen LogP contribution in [-0.4, -0.2) is 32.5 Å². The Morgan fingerprint density at radius 3 is 2.67 bits per heavy atom. The van der Waals surface area contributed by atoms with Crippen LogP contribution >= 0.6 is 22.9 Å². The first-order chi connectivity index (χ1) is 11.5. The minimum Gasteiger partial charge on any atom is -0.376 e. The van der Waals surface area contributed by atoms with Gasteiger partial charge >= 0.3 is 0 Å². The number of nitrogens with zero attached hydrogens (tertiary/aromatic N) is 1. The monoisotopic (exact) mass is 365 g/mol. The Hall–Kier alpha value is -2.05. The lowest BCUT2D eigenvalue weighted by Gasteiger charge is -2.15. The molecule has 0 radical (unpaired) electrons. The third kappa shape index (κ3) is 5.25. The van der Waals surface area contributed by atoms with Gasteiger partial charge in [-0.15, -0.1) is 0 Å². The lowest BCUT2D eigenvalue weighted by atomic mass is 10.2. The summed E-state index contributed by atoms with van der Waals surface area (Å²) < 4.78 is 0. The number of amides is 2. The van der Waals surface area contributed by atoms with Crippen molar-refractivity contribution in [2.45, 2.75) is 12.8 Å². The van der Waals surface area contributed by atoms with Gasteiger partial charge in [0.15, 0.2) is 0 Å². The number of halogens is 1. The molecule has 0 bridgehead atoms. The van der Waals surface area contributed by atoms with Gasteiger partial charge in [0.2, 0.25) is 5.91 Å². The van der Waals surface area contributed by atoms with Gasteiger partial charge in [-0.05, 0) is 36.1 Å². The zero-order valence-corrected chi connectivity index (χ0v) is 15.2. The van der Waals surface area contributed by atoms with Gasteiger partial charge in [-0.3, -0.25) is 9.59 Å². The summed E-state index contributed by atoms with van der Waals surface area (Å²) in [7, 11) is 3.81. The topological polar surface area (TPSA) is 61.4 Å². The minimum atomic E-state index is -0.109. The van der Waals surface area contributed by atoms with Crippen LogP contribution in [-0.2, 0) is 4.79 Å². The van der Waals surface area contributed by atoms with Crippen molar-refractivity contribution in [2.24, 2.45) is 0 Å². The van der Waals surface area contributed by atoms with E-state index >= 15 is 0 Å². The zero-order chi connectivity index (χ0) is 17.5. The van der Waals surface area contributed by atoms with E-state index in [-0.39, 0.29) is 11.8 Å². The molecule has 0 spiro atoms. The fourth-order valence-corrected chi connectivity index (χ4v) is 3.10. The van der Waals surface area contributed by atoms with Crippen molar-refractivity contribution >= 4 is 46.1 Å². The second-order valence-electron chi connectivity index (χ2n) is 5.48. The van der Waals surface area contributed by atoms with Crippen molar-refractivity contribution < 1.29 is 9.59 Å². The van der Waals surface area contributed by atoms with Crippen molar-refractivity contribution in [3.63, 3.8) is 0 Å². The van der Waals surface area contributed by atoms with Crippen molar-refractivity contribution in [2.75, 3.05) is 30.9 Å². The molecule has 0 aliphatic carbocycles. The van der Waals surface area contributed by atoms with Gasteiger partial charge in [0.1, 0.15) is 0 Å². The molecule has 128 valence electrons. The van der Waals surface area contributed by atoms with Crippen LogP contribution in [0.25, 0.3) is 0 Å². The highest BCUT2D eigenvalue weighted by Gasteiger charge is 2.08. The first kappa shape index (κ1) is 18.3. The van der Waals surface area contributed by atoms with E-state index in [0.717, 1.165) is 5.69 Å². The number of nitrogens with one attached hydrogen (secondary N) is 2. The summed E-state index contributed by atoms with van der Waals surface area (Å²) in [6.45, 7) is 0.461. The number of carbonyl (C=O) groups is 2. The Morgan fingerprint density at radius 1 is 1.25 bits per heavy atom. The third-order valence-corrected chi connectivity index (χ3v) is 4.35. The molecule has 2 amide bonds. The second-order valence-corrected chi connectivity index (χ2v) is 6.67. The van der Waals surface area contributed by atoms with E-state index in [1.165, 1.54) is 11.3 Å². The predicted molar refractivity (Wildman–Crippen MR) is 100 cm³/mol. The molecule has 0 aliphatic rings. The molecule has 0 fully saturated rings. The number of hydrogen-bond donors (Lipinski definition) is 2. The summed E-state index contributed by atoms with van der Waals surface area (Å²) >= 11 is 7.66. The minimum absolute atomic E-state index is 0.103. The summed E-state index contributed by atoms with van der Waals surface area (Å²) in [6.07, 6.45) is 0.905. The van der Waals surface area contributed by atoms with Crippen LogP contribution in [0.5, 0.6) is 0 Å². The number of hydrogen-bond acceptors (Lipinski definition) is 4. The molecular formula is C17H20ClN3O2S. The smallest absolute Gasteiger partial charge is 0.252 e. The summed E-state index contributed by atoms with van der Waals surface area (Å²) in [4.78, 5) is 25.6. The maximum absolute atomic E-state index is 11.9. The maximum Gasteiger partial charge on any atom is 0.252 e. The normalized spacial score (nSPS) is 10.3. The zero-order valence-electron chi connectivity index (χ0n) is 13.6. The first-order valence-corrected chi connectivity index (χ1v) is 8.86. The lowest BCUT2D eigenvalue weighted by Crippen LogP contribution is -2.25. The van der Waals surface area contributed by atoms with Gasteiger partial charge in [-0.25, -0.2) is 0 Å². The summed E-state index contributed by atoms with van der Waals surface area (Å²) in [5, 5.41) is 9.84. The van der Waals surface area contributed by atoms with Gasteiger partial charge in [0.05, 0.1) is 10.7 Å². The van der Waals surface area contributed by atoms with Crippen molar-refractivity contribution in [1.82, 2.24) is 5.32 Å². The molecule has 2 rings (SSSR count). The quantitative estimate of drug-likeness (QED) is 0.737. The Balaban J connectivity index is 1.73. The molecule has 0 saturated heterocycles. The highest BCUT2D eigenvalue weighted by atomic mass is 35.5. The molecular weight excluding hydrogens is 346 g/mol. The molecule has 5 nitrogen and oxygen atoms in total. The molecule has 1 aromatic carbocycles. The SMILES string of the molecule is CN(C)c1ccc(NC(=O)CCCNC(=O)c2ccsc2)cc1Cl. The predicted octanol–water partition coefficient (Wildman–Crippen LogP) is 3.62. The summed E-state index contributed by atoms with van der Waals surface area (Å²) in [6, 6.07) is 7.18. The van der Waals surface area contributed by atoms with Gasteiger partial charge < -0.3 is 15.5 Å². The fraction of sp³-hybridized carbons (Fsp3) is 0.294. The third-order valence-electron chi connectivity index (χ3n) is 3.36. The number of thiophene rings is 1. The lowest BCUT2D eigenvalue weighted by molar-refractivity contribution is -0.116. The van der Waals surface area contributed by atoms with Crippen molar-refractivity contribution in [1.29, 1.82) is 0 Å². The Kier molecular flexibility index (Phi) is 6.63. The van der Waals surface area contributed by atoms with Gasteiger partial charge in [0, 0.05) is 43.7 Å². The molecule has 1 aromatic heterocycles. The Labute approximate surface area is 150 Å². The molecule has 0 unspecified atom stereocenters. The van der Waals surface area contributed by atoms with Crippen LogP contribution in [0.1, 0.15) is 23.2 Å². The van der Waals surface area contributed by atoms with E-state index in [4.69, 9.17) is 11.6 Å². The highest BCUT2D eigenvalue weighted by Crippen LogP contribution is 2.27. The fourth-order valence-electron chi connectivity index (χ4n) is 2.12. The number of anilines is 2. The largest absolute Gasteiger partial charge is 0.376 e. The second kappa shape index (κ2) is 8.70. The molecule has 1 heterocycles. The average molecular weight is 366 g/mol. The highest BCUT2D eigenvalue weighted by molar-refractivity contribution is 7.08.